The number of hydrogen-bond acceptors (Lipinski definition) is 2. The third kappa shape index (κ3) is 3.78. The van der Waals surface area contributed by atoms with Crippen LogP contribution < -0.4 is 10.1 Å². The summed E-state index contributed by atoms with van der Waals surface area (Å²) in [6.07, 6.45) is 0. The Bertz CT molecular complexity index is 625. The fourth-order valence-corrected chi connectivity index (χ4v) is 2.54. The highest BCUT2D eigenvalue weighted by Gasteiger charge is 2.10. The van der Waals surface area contributed by atoms with E-state index < -0.39 is 0 Å². The summed E-state index contributed by atoms with van der Waals surface area (Å²) in [5.41, 5.74) is 4.91. The van der Waals surface area contributed by atoms with Crippen molar-refractivity contribution in [2.75, 3.05) is 7.11 Å². The van der Waals surface area contributed by atoms with Gasteiger partial charge in [0, 0.05) is 23.2 Å². The predicted molar refractivity (Wildman–Crippen MR) is 89.2 cm³/mol. The molecule has 0 aliphatic rings. The minimum Gasteiger partial charge on any atom is -0.496 e. The Kier molecular flexibility index (Phi) is 5.27. The highest BCUT2D eigenvalue weighted by atomic mass is 35.5. The van der Waals surface area contributed by atoms with Gasteiger partial charge in [0.15, 0.2) is 0 Å². The second-order valence-electron chi connectivity index (χ2n) is 5.37. The van der Waals surface area contributed by atoms with Crippen LogP contribution in [0.3, 0.4) is 0 Å². The number of aryl methyl sites for hydroxylation is 2. The van der Waals surface area contributed by atoms with Crippen LogP contribution in [0.1, 0.15) is 35.2 Å². The van der Waals surface area contributed by atoms with Crippen molar-refractivity contribution in [3.8, 4) is 5.75 Å². The Balaban J connectivity index is 2.10. The second-order valence-corrected chi connectivity index (χ2v) is 5.77. The summed E-state index contributed by atoms with van der Waals surface area (Å²) in [5.74, 6) is 0.822. The van der Waals surface area contributed by atoms with Crippen molar-refractivity contribution >= 4 is 11.6 Å². The van der Waals surface area contributed by atoms with Crippen molar-refractivity contribution in [1.29, 1.82) is 0 Å². The van der Waals surface area contributed by atoms with Gasteiger partial charge in [-0.3, -0.25) is 0 Å². The number of methoxy groups -OCH3 is 1. The van der Waals surface area contributed by atoms with E-state index in [-0.39, 0.29) is 6.04 Å². The van der Waals surface area contributed by atoms with Crippen LogP contribution in [0.2, 0.25) is 5.02 Å². The van der Waals surface area contributed by atoms with Gasteiger partial charge in [0.05, 0.1) is 7.11 Å². The van der Waals surface area contributed by atoms with Crippen molar-refractivity contribution in [3.63, 3.8) is 0 Å². The first kappa shape index (κ1) is 15.9. The summed E-state index contributed by atoms with van der Waals surface area (Å²) in [5, 5.41) is 4.24. The molecule has 0 bridgehead atoms. The summed E-state index contributed by atoms with van der Waals surface area (Å²) in [6.45, 7) is 7.11. The third-order valence-electron chi connectivity index (χ3n) is 3.91. The largest absolute Gasteiger partial charge is 0.496 e. The SMILES string of the molecule is COc1cccc(Cl)c1CNC(C)c1ccc(C)c(C)c1. The van der Waals surface area contributed by atoms with Crippen LogP contribution in [0.4, 0.5) is 0 Å². The number of halogens is 1. The van der Waals surface area contributed by atoms with Crippen LogP contribution in [0, 0.1) is 13.8 Å². The Hall–Kier alpha value is -1.51. The predicted octanol–water partition coefficient (Wildman–Crippen LogP) is 4.82. The second kappa shape index (κ2) is 6.97. The number of benzene rings is 2. The lowest BCUT2D eigenvalue weighted by atomic mass is 10.0. The average Bonchev–Trinajstić information content (AvgIpc) is 2.48. The maximum absolute atomic E-state index is 6.26. The lowest BCUT2D eigenvalue weighted by Crippen LogP contribution is -2.19. The van der Waals surface area contributed by atoms with E-state index in [1.807, 2.05) is 18.2 Å². The van der Waals surface area contributed by atoms with Gasteiger partial charge in [0.2, 0.25) is 0 Å². The summed E-state index contributed by atoms with van der Waals surface area (Å²) in [7, 11) is 1.67. The van der Waals surface area contributed by atoms with Crippen molar-refractivity contribution < 1.29 is 4.74 Å². The van der Waals surface area contributed by atoms with Crippen LogP contribution in [-0.4, -0.2) is 7.11 Å². The first-order valence-corrected chi connectivity index (χ1v) is 7.52. The molecule has 112 valence electrons. The van der Waals surface area contributed by atoms with Gasteiger partial charge in [-0.1, -0.05) is 35.9 Å². The van der Waals surface area contributed by atoms with Crippen LogP contribution in [0.25, 0.3) is 0 Å². The zero-order valence-electron chi connectivity index (χ0n) is 13.0. The number of nitrogens with one attached hydrogen (secondary N) is 1. The minimum absolute atomic E-state index is 0.255. The van der Waals surface area contributed by atoms with E-state index in [1.54, 1.807) is 7.11 Å². The van der Waals surface area contributed by atoms with Gasteiger partial charge in [0.25, 0.3) is 0 Å². The van der Waals surface area contributed by atoms with Gasteiger partial charge in [-0.05, 0) is 49.6 Å². The first-order valence-electron chi connectivity index (χ1n) is 7.15. The van der Waals surface area contributed by atoms with E-state index in [1.165, 1.54) is 16.7 Å². The van der Waals surface area contributed by atoms with Gasteiger partial charge in [-0.25, -0.2) is 0 Å². The molecular formula is C18H22ClNO. The maximum Gasteiger partial charge on any atom is 0.124 e. The summed E-state index contributed by atoms with van der Waals surface area (Å²) in [4.78, 5) is 0. The molecule has 0 radical (unpaired) electrons. The monoisotopic (exact) mass is 303 g/mol. The molecule has 0 amide bonds. The molecule has 3 heteroatoms. The normalized spacial score (nSPS) is 12.2. The van der Waals surface area contributed by atoms with Gasteiger partial charge in [0.1, 0.15) is 5.75 Å². The van der Waals surface area contributed by atoms with E-state index in [0.29, 0.717) is 6.54 Å². The molecule has 0 aliphatic carbocycles. The average molecular weight is 304 g/mol. The smallest absolute Gasteiger partial charge is 0.124 e. The Morgan fingerprint density at radius 3 is 2.57 bits per heavy atom. The number of ether oxygens (including phenoxy) is 1. The summed E-state index contributed by atoms with van der Waals surface area (Å²) in [6, 6.07) is 12.5. The molecule has 1 N–H and O–H groups in total. The maximum atomic E-state index is 6.26. The molecule has 2 aromatic carbocycles. The summed E-state index contributed by atoms with van der Waals surface area (Å²) < 4.78 is 5.37. The zero-order chi connectivity index (χ0) is 15.4. The van der Waals surface area contributed by atoms with E-state index in [9.17, 15) is 0 Å². The molecule has 2 aromatic rings. The molecule has 0 aliphatic heterocycles. The molecule has 2 rings (SSSR count). The van der Waals surface area contributed by atoms with Gasteiger partial charge < -0.3 is 10.1 Å². The van der Waals surface area contributed by atoms with E-state index in [2.05, 4.69) is 44.3 Å². The first-order chi connectivity index (χ1) is 10.0. The van der Waals surface area contributed by atoms with E-state index in [4.69, 9.17) is 16.3 Å². The molecule has 0 spiro atoms. The van der Waals surface area contributed by atoms with Crippen molar-refractivity contribution in [2.45, 2.75) is 33.4 Å². The molecule has 0 fully saturated rings. The highest BCUT2D eigenvalue weighted by molar-refractivity contribution is 6.31. The zero-order valence-corrected chi connectivity index (χ0v) is 13.8. The van der Waals surface area contributed by atoms with E-state index >= 15 is 0 Å². The molecule has 1 atom stereocenters. The van der Waals surface area contributed by atoms with Crippen LogP contribution in [0.5, 0.6) is 5.75 Å². The lowest BCUT2D eigenvalue weighted by Gasteiger charge is -2.17. The van der Waals surface area contributed by atoms with Gasteiger partial charge in [-0.15, -0.1) is 0 Å². The van der Waals surface area contributed by atoms with Gasteiger partial charge in [-0.2, -0.15) is 0 Å². The lowest BCUT2D eigenvalue weighted by molar-refractivity contribution is 0.406. The minimum atomic E-state index is 0.255. The quantitative estimate of drug-likeness (QED) is 0.855. The van der Waals surface area contributed by atoms with Crippen molar-refractivity contribution in [3.05, 3.63) is 63.7 Å². The third-order valence-corrected chi connectivity index (χ3v) is 4.27. The van der Waals surface area contributed by atoms with Crippen molar-refractivity contribution in [2.24, 2.45) is 0 Å². The van der Waals surface area contributed by atoms with Crippen LogP contribution in [0.15, 0.2) is 36.4 Å². The fraction of sp³-hybridized carbons (Fsp3) is 0.333. The fourth-order valence-electron chi connectivity index (χ4n) is 2.31. The van der Waals surface area contributed by atoms with Crippen molar-refractivity contribution in [1.82, 2.24) is 5.32 Å². The van der Waals surface area contributed by atoms with E-state index in [0.717, 1.165) is 16.3 Å². The molecule has 21 heavy (non-hydrogen) atoms. The summed E-state index contributed by atoms with van der Waals surface area (Å²) >= 11 is 6.26. The standard InChI is InChI=1S/C18H22ClNO/c1-12-8-9-15(10-13(12)2)14(3)20-11-16-17(19)6-5-7-18(16)21-4/h5-10,14,20H,11H2,1-4H3. The molecule has 0 saturated heterocycles. The molecule has 2 nitrogen and oxygen atoms in total. The topological polar surface area (TPSA) is 21.3 Å². The van der Waals surface area contributed by atoms with Crippen LogP contribution >= 0.6 is 11.6 Å². The Morgan fingerprint density at radius 1 is 1.14 bits per heavy atom. The Morgan fingerprint density at radius 2 is 1.90 bits per heavy atom. The molecular weight excluding hydrogens is 282 g/mol. The Labute approximate surface area is 132 Å². The molecule has 0 heterocycles. The highest BCUT2D eigenvalue weighted by Crippen LogP contribution is 2.27. The molecule has 1 unspecified atom stereocenters. The number of hydrogen-bond donors (Lipinski definition) is 1. The molecule has 0 saturated carbocycles. The van der Waals surface area contributed by atoms with Crippen LogP contribution in [-0.2, 0) is 6.54 Å². The number of rotatable bonds is 5. The van der Waals surface area contributed by atoms with Gasteiger partial charge >= 0.3 is 0 Å². The molecule has 0 aromatic heterocycles.